The number of amides is 2. The summed E-state index contributed by atoms with van der Waals surface area (Å²) < 4.78 is 22.9. The van der Waals surface area contributed by atoms with E-state index in [1.807, 2.05) is 30.3 Å². The van der Waals surface area contributed by atoms with Crippen molar-refractivity contribution in [1.29, 1.82) is 0 Å². The van der Waals surface area contributed by atoms with Crippen LogP contribution in [0.2, 0.25) is 0 Å². The molecule has 2 N–H and O–H groups in total. The van der Waals surface area contributed by atoms with Crippen molar-refractivity contribution in [3.8, 4) is 0 Å². The van der Waals surface area contributed by atoms with Crippen molar-refractivity contribution in [2.24, 2.45) is 0 Å². The average Bonchev–Trinajstić information content (AvgIpc) is 2.59. The van der Waals surface area contributed by atoms with Gasteiger partial charge < -0.3 is 10.6 Å². The van der Waals surface area contributed by atoms with Crippen LogP contribution >= 0.6 is 11.8 Å². The van der Waals surface area contributed by atoms with E-state index in [0.29, 0.717) is 23.6 Å². The number of hydrogen-bond acceptors (Lipinski definition) is 5. The fourth-order valence-corrected chi connectivity index (χ4v) is 4.90. The van der Waals surface area contributed by atoms with Gasteiger partial charge in [-0.1, -0.05) is 30.0 Å². The molecule has 0 spiro atoms. The molecule has 132 valence electrons. The number of carbonyl (C=O) groups excluding carboxylic acids is 1. The number of aromatic nitrogens is 1. The van der Waals surface area contributed by atoms with Crippen LogP contribution in [0.1, 0.15) is 12.8 Å². The van der Waals surface area contributed by atoms with E-state index in [0.717, 1.165) is 4.90 Å². The van der Waals surface area contributed by atoms with E-state index in [-0.39, 0.29) is 23.6 Å². The van der Waals surface area contributed by atoms with Crippen molar-refractivity contribution < 1.29 is 13.2 Å². The Balaban J connectivity index is 1.62. The summed E-state index contributed by atoms with van der Waals surface area (Å²) in [4.78, 5) is 17.6. The SMILES string of the molecule is O=C(Nc1cccnc1Sc1ccccc1)NC1CCS(=O)(=O)CC1. The molecular weight excluding hydrogens is 358 g/mol. The number of nitrogens with zero attached hydrogens (tertiary/aromatic N) is 1. The summed E-state index contributed by atoms with van der Waals surface area (Å²) in [6.45, 7) is 0. The molecule has 2 aromatic rings. The van der Waals surface area contributed by atoms with Crippen molar-refractivity contribution in [2.75, 3.05) is 16.8 Å². The van der Waals surface area contributed by atoms with E-state index in [2.05, 4.69) is 15.6 Å². The predicted molar refractivity (Wildman–Crippen MR) is 98.6 cm³/mol. The van der Waals surface area contributed by atoms with Crippen molar-refractivity contribution in [1.82, 2.24) is 10.3 Å². The highest BCUT2D eigenvalue weighted by atomic mass is 32.2. The van der Waals surface area contributed by atoms with Gasteiger partial charge in [-0.05, 0) is 37.1 Å². The molecule has 1 aliphatic heterocycles. The van der Waals surface area contributed by atoms with Crippen LogP contribution in [0.3, 0.4) is 0 Å². The quantitative estimate of drug-likeness (QED) is 0.855. The van der Waals surface area contributed by atoms with Gasteiger partial charge in [-0.25, -0.2) is 18.2 Å². The van der Waals surface area contributed by atoms with Gasteiger partial charge in [0.1, 0.15) is 14.9 Å². The van der Waals surface area contributed by atoms with Crippen LogP contribution in [-0.4, -0.2) is 37.0 Å². The van der Waals surface area contributed by atoms with Gasteiger partial charge in [-0.2, -0.15) is 0 Å². The Labute approximate surface area is 151 Å². The predicted octanol–water partition coefficient (Wildman–Crippen LogP) is 2.93. The molecule has 1 fully saturated rings. The number of anilines is 1. The molecule has 1 aromatic carbocycles. The zero-order valence-electron chi connectivity index (χ0n) is 13.5. The number of hydrogen-bond donors (Lipinski definition) is 2. The number of rotatable bonds is 4. The first-order chi connectivity index (χ1) is 12.0. The summed E-state index contributed by atoms with van der Waals surface area (Å²) >= 11 is 1.47. The summed E-state index contributed by atoms with van der Waals surface area (Å²) in [6, 6.07) is 12.9. The maximum absolute atomic E-state index is 12.2. The molecule has 25 heavy (non-hydrogen) atoms. The maximum Gasteiger partial charge on any atom is 0.319 e. The van der Waals surface area contributed by atoms with E-state index >= 15 is 0 Å². The zero-order valence-corrected chi connectivity index (χ0v) is 15.1. The standard InChI is InChI=1S/C17H19N3O3S2/c21-17(19-13-8-11-25(22,23)12-9-13)20-15-7-4-10-18-16(15)24-14-5-2-1-3-6-14/h1-7,10,13H,8-9,11-12H2,(H2,19,20,21). The minimum absolute atomic E-state index is 0.120. The normalized spacial score (nSPS) is 17.0. The fourth-order valence-electron chi connectivity index (χ4n) is 2.55. The Morgan fingerprint density at radius 3 is 2.52 bits per heavy atom. The third-order valence-electron chi connectivity index (χ3n) is 3.87. The van der Waals surface area contributed by atoms with Gasteiger partial charge in [0.05, 0.1) is 17.2 Å². The molecular formula is C17H19N3O3S2. The smallest absolute Gasteiger partial charge is 0.319 e. The molecule has 1 aliphatic rings. The van der Waals surface area contributed by atoms with Crippen LogP contribution in [0.5, 0.6) is 0 Å². The lowest BCUT2D eigenvalue weighted by Gasteiger charge is -2.23. The highest BCUT2D eigenvalue weighted by Crippen LogP contribution is 2.31. The van der Waals surface area contributed by atoms with Gasteiger partial charge in [0.15, 0.2) is 0 Å². The van der Waals surface area contributed by atoms with Crippen LogP contribution in [0.25, 0.3) is 0 Å². The Morgan fingerprint density at radius 2 is 1.80 bits per heavy atom. The first-order valence-corrected chi connectivity index (χ1v) is 10.6. The van der Waals surface area contributed by atoms with E-state index in [1.54, 1.807) is 18.3 Å². The van der Waals surface area contributed by atoms with Crippen molar-refractivity contribution in [3.63, 3.8) is 0 Å². The van der Waals surface area contributed by atoms with Gasteiger partial charge >= 0.3 is 6.03 Å². The summed E-state index contributed by atoms with van der Waals surface area (Å²) in [6.07, 6.45) is 2.59. The lowest BCUT2D eigenvalue weighted by Crippen LogP contribution is -2.42. The van der Waals surface area contributed by atoms with Crippen molar-refractivity contribution in [3.05, 3.63) is 48.7 Å². The molecule has 6 nitrogen and oxygen atoms in total. The summed E-state index contributed by atoms with van der Waals surface area (Å²) in [7, 11) is -2.94. The highest BCUT2D eigenvalue weighted by molar-refractivity contribution is 7.99. The summed E-state index contributed by atoms with van der Waals surface area (Å²) in [5.74, 6) is 0.250. The van der Waals surface area contributed by atoms with Crippen molar-refractivity contribution >= 4 is 33.3 Å². The molecule has 2 heterocycles. The van der Waals surface area contributed by atoms with Crippen LogP contribution < -0.4 is 10.6 Å². The number of sulfone groups is 1. The molecule has 0 saturated carbocycles. The summed E-state index contributed by atoms with van der Waals surface area (Å²) in [5, 5.41) is 6.36. The molecule has 0 aliphatic carbocycles. The fraction of sp³-hybridized carbons (Fsp3) is 0.294. The Bertz CT molecular complexity index is 827. The molecule has 1 aromatic heterocycles. The molecule has 0 radical (unpaired) electrons. The molecule has 0 bridgehead atoms. The van der Waals surface area contributed by atoms with Crippen LogP contribution in [-0.2, 0) is 9.84 Å². The highest BCUT2D eigenvalue weighted by Gasteiger charge is 2.24. The Hall–Kier alpha value is -2.06. The second-order valence-electron chi connectivity index (χ2n) is 5.80. The number of benzene rings is 1. The number of nitrogens with one attached hydrogen (secondary N) is 2. The van der Waals surface area contributed by atoms with Crippen LogP contribution in [0, 0.1) is 0 Å². The summed E-state index contributed by atoms with van der Waals surface area (Å²) in [5.41, 5.74) is 0.622. The van der Waals surface area contributed by atoms with Gasteiger partial charge in [-0.3, -0.25) is 0 Å². The van der Waals surface area contributed by atoms with Gasteiger partial charge in [0.2, 0.25) is 0 Å². The molecule has 1 saturated heterocycles. The van der Waals surface area contributed by atoms with E-state index in [4.69, 9.17) is 0 Å². The molecule has 8 heteroatoms. The topological polar surface area (TPSA) is 88.2 Å². The second-order valence-corrected chi connectivity index (χ2v) is 9.16. The molecule has 2 amide bonds. The van der Waals surface area contributed by atoms with Gasteiger partial charge in [0, 0.05) is 17.1 Å². The zero-order chi connectivity index (χ0) is 17.7. The minimum Gasteiger partial charge on any atom is -0.335 e. The van der Waals surface area contributed by atoms with E-state index in [1.165, 1.54) is 11.8 Å². The number of urea groups is 1. The average molecular weight is 377 g/mol. The Morgan fingerprint density at radius 1 is 1.08 bits per heavy atom. The van der Waals surface area contributed by atoms with Crippen molar-refractivity contribution in [2.45, 2.75) is 28.8 Å². The third-order valence-corrected chi connectivity index (χ3v) is 6.61. The largest absolute Gasteiger partial charge is 0.335 e. The maximum atomic E-state index is 12.2. The van der Waals surface area contributed by atoms with E-state index < -0.39 is 9.84 Å². The lowest BCUT2D eigenvalue weighted by atomic mass is 10.2. The Kier molecular flexibility index (Phi) is 5.60. The monoisotopic (exact) mass is 377 g/mol. The van der Waals surface area contributed by atoms with Crippen LogP contribution in [0.4, 0.5) is 10.5 Å². The van der Waals surface area contributed by atoms with E-state index in [9.17, 15) is 13.2 Å². The second kappa shape index (κ2) is 7.88. The first-order valence-electron chi connectivity index (χ1n) is 7.98. The molecule has 3 rings (SSSR count). The van der Waals surface area contributed by atoms with Gasteiger partial charge in [-0.15, -0.1) is 0 Å². The lowest BCUT2D eigenvalue weighted by molar-refractivity contribution is 0.247. The first kappa shape index (κ1) is 17.8. The number of carbonyl (C=O) groups is 1. The van der Waals surface area contributed by atoms with Gasteiger partial charge in [0.25, 0.3) is 0 Å². The molecule has 0 atom stereocenters. The minimum atomic E-state index is -2.94. The third kappa shape index (κ3) is 5.20. The number of pyridine rings is 1. The molecule has 0 unspecified atom stereocenters. The van der Waals surface area contributed by atoms with Crippen LogP contribution in [0.15, 0.2) is 58.6 Å².